The van der Waals surface area contributed by atoms with E-state index < -0.39 is 25.0 Å². The molecule has 2 bridgehead atoms. The van der Waals surface area contributed by atoms with Crippen molar-refractivity contribution in [3.8, 4) is 0 Å². The first-order valence-corrected chi connectivity index (χ1v) is 9.38. The van der Waals surface area contributed by atoms with Crippen LogP contribution < -0.4 is 5.32 Å². The van der Waals surface area contributed by atoms with Gasteiger partial charge in [-0.3, -0.25) is 24.1 Å². The molecule has 4 atom stereocenters. The number of carbonyl (C=O) groups is 4. The lowest BCUT2D eigenvalue weighted by Crippen LogP contribution is -2.38. The first-order valence-electron chi connectivity index (χ1n) is 9.00. The molecular weight excluding hydrogens is 372 g/mol. The van der Waals surface area contributed by atoms with Crippen LogP contribution in [0, 0.1) is 23.7 Å². The number of carbonyl (C=O) groups excluding carboxylic acids is 4. The van der Waals surface area contributed by atoms with E-state index in [-0.39, 0.29) is 35.5 Å². The van der Waals surface area contributed by atoms with Crippen molar-refractivity contribution in [3.63, 3.8) is 0 Å². The fraction of sp³-hybridized carbons (Fsp3) is 0.474. The van der Waals surface area contributed by atoms with E-state index in [4.69, 9.17) is 16.3 Å². The summed E-state index contributed by atoms with van der Waals surface area (Å²) >= 11 is 5.77. The van der Waals surface area contributed by atoms with Crippen molar-refractivity contribution in [2.75, 3.05) is 18.5 Å². The van der Waals surface area contributed by atoms with E-state index >= 15 is 0 Å². The van der Waals surface area contributed by atoms with Crippen LogP contribution in [0.4, 0.5) is 5.69 Å². The number of amides is 3. The number of hydrogen-bond acceptors (Lipinski definition) is 5. The van der Waals surface area contributed by atoms with Crippen LogP contribution in [0.15, 0.2) is 24.3 Å². The number of rotatable bonds is 5. The predicted molar refractivity (Wildman–Crippen MR) is 95.6 cm³/mol. The average molecular weight is 391 g/mol. The molecule has 1 aliphatic heterocycles. The average Bonchev–Trinajstić information content (AvgIpc) is 3.32. The van der Waals surface area contributed by atoms with Gasteiger partial charge in [0.2, 0.25) is 11.8 Å². The summed E-state index contributed by atoms with van der Waals surface area (Å²) < 4.78 is 4.93. The van der Waals surface area contributed by atoms with E-state index in [1.54, 1.807) is 24.3 Å². The molecular formula is C19H19ClN2O5. The van der Waals surface area contributed by atoms with Gasteiger partial charge >= 0.3 is 5.97 Å². The fourth-order valence-corrected chi connectivity index (χ4v) is 4.80. The maximum atomic E-state index is 12.5. The highest BCUT2D eigenvalue weighted by Gasteiger charge is 2.61. The molecule has 1 saturated heterocycles. The quantitative estimate of drug-likeness (QED) is 0.611. The van der Waals surface area contributed by atoms with Gasteiger partial charge in [0, 0.05) is 10.7 Å². The van der Waals surface area contributed by atoms with Crippen LogP contribution in [0.3, 0.4) is 0 Å². The Kier molecular flexibility index (Phi) is 4.63. The van der Waals surface area contributed by atoms with Gasteiger partial charge in [0.05, 0.1) is 11.8 Å². The normalized spacial score (nSPS) is 28.4. The predicted octanol–water partition coefficient (Wildman–Crippen LogP) is 1.85. The van der Waals surface area contributed by atoms with Crippen LogP contribution in [0.1, 0.15) is 19.3 Å². The topological polar surface area (TPSA) is 92.8 Å². The third kappa shape index (κ3) is 3.32. The highest BCUT2D eigenvalue weighted by molar-refractivity contribution is 6.30. The second-order valence-corrected chi connectivity index (χ2v) is 7.80. The minimum Gasteiger partial charge on any atom is -0.454 e. The largest absolute Gasteiger partial charge is 0.454 e. The third-order valence-electron chi connectivity index (χ3n) is 5.80. The molecule has 7 nitrogen and oxygen atoms in total. The SMILES string of the molecule is O=C(COC(=O)CN1C(=O)[C@@H]2[C@H]3CC[C@@H](C3)[C@H]2C1=O)Nc1ccc(Cl)cc1. The van der Waals surface area contributed by atoms with Gasteiger partial charge in [0.25, 0.3) is 5.91 Å². The van der Waals surface area contributed by atoms with Crippen LogP contribution in [0.25, 0.3) is 0 Å². The summed E-state index contributed by atoms with van der Waals surface area (Å²) in [6.45, 7) is -0.923. The molecule has 3 aliphatic rings. The summed E-state index contributed by atoms with van der Waals surface area (Å²) in [5.41, 5.74) is 0.522. The summed E-state index contributed by atoms with van der Waals surface area (Å²) in [6, 6.07) is 6.49. The first-order chi connectivity index (χ1) is 12.9. The minimum atomic E-state index is -0.768. The maximum absolute atomic E-state index is 12.5. The zero-order valence-electron chi connectivity index (χ0n) is 14.5. The lowest BCUT2D eigenvalue weighted by molar-refractivity contribution is -0.154. The summed E-state index contributed by atoms with van der Waals surface area (Å²) in [5, 5.41) is 3.11. The molecule has 8 heteroatoms. The minimum absolute atomic E-state index is 0.264. The zero-order valence-corrected chi connectivity index (χ0v) is 15.3. The van der Waals surface area contributed by atoms with E-state index in [2.05, 4.69) is 5.32 Å². The van der Waals surface area contributed by atoms with Crippen LogP contribution in [-0.2, 0) is 23.9 Å². The smallest absolute Gasteiger partial charge is 0.326 e. The number of imide groups is 1. The van der Waals surface area contributed by atoms with Crippen LogP contribution in [0.5, 0.6) is 0 Å². The Labute approximate surface area is 161 Å². The van der Waals surface area contributed by atoms with E-state index in [0.29, 0.717) is 10.7 Å². The summed E-state index contributed by atoms with van der Waals surface area (Å²) in [4.78, 5) is 50.0. The zero-order chi connectivity index (χ0) is 19.1. The van der Waals surface area contributed by atoms with Crippen LogP contribution in [-0.4, -0.2) is 41.7 Å². The molecule has 1 aromatic rings. The number of anilines is 1. The molecule has 1 heterocycles. The van der Waals surface area contributed by atoms with Crippen molar-refractivity contribution >= 4 is 41.0 Å². The van der Waals surface area contributed by atoms with Gasteiger partial charge in [-0.2, -0.15) is 0 Å². The van der Waals surface area contributed by atoms with Gasteiger partial charge in [0.1, 0.15) is 6.54 Å². The number of ether oxygens (including phenoxy) is 1. The van der Waals surface area contributed by atoms with E-state index in [9.17, 15) is 19.2 Å². The number of esters is 1. The lowest BCUT2D eigenvalue weighted by Gasteiger charge is -2.19. The van der Waals surface area contributed by atoms with Gasteiger partial charge in [-0.15, -0.1) is 0 Å². The molecule has 142 valence electrons. The molecule has 0 unspecified atom stereocenters. The van der Waals surface area contributed by atoms with E-state index in [1.807, 2.05) is 0 Å². The Bertz CT molecular complexity index is 781. The molecule has 4 rings (SSSR count). The number of nitrogens with one attached hydrogen (secondary N) is 1. The molecule has 1 N–H and O–H groups in total. The second-order valence-electron chi connectivity index (χ2n) is 7.36. The van der Waals surface area contributed by atoms with Gasteiger partial charge in [0.15, 0.2) is 6.61 Å². The number of fused-ring (bicyclic) bond motifs is 5. The number of halogens is 1. The molecule has 0 spiro atoms. The first kappa shape index (κ1) is 18.0. The monoisotopic (exact) mass is 390 g/mol. The van der Waals surface area contributed by atoms with E-state index in [1.165, 1.54) is 0 Å². The van der Waals surface area contributed by atoms with Gasteiger partial charge in [-0.1, -0.05) is 11.6 Å². The second kappa shape index (κ2) is 6.96. The van der Waals surface area contributed by atoms with E-state index in [0.717, 1.165) is 24.2 Å². The van der Waals surface area contributed by atoms with Gasteiger partial charge in [-0.25, -0.2) is 0 Å². The Morgan fingerprint density at radius 1 is 1.07 bits per heavy atom. The molecule has 2 saturated carbocycles. The third-order valence-corrected chi connectivity index (χ3v) is 6.05. The maximum Gasteiger partial charge on any atom is 0.326 e. The molecule has 3 fully saturated rings. The Morgan fingerprint density at radius 3 is 2.26 bits per heavy atom. The van der Waals surface area contributed by atoms with Crippen LogP contribution >= 0.6 is 11.6 Å². The van der Waals surface area contributed by atoms with Crippen molar-refractivity contribution in [1.82, 2.24) is 4.90 Å². The Hall–Kier alpha value is -2.41. The molecule has 3 amide bonds. The summed E-state index contributed by atoms with van der Waals surface area (Å²) in [6.07, 6.45) is 2.90. The standard InChI is InChI=1S/C19H19ClN2O5/c20-12-3-5-13(6-4-12)21-14(23)9-27-15(24)8-22-18(25)16-10-1-2-11(7-10)17(16)19(22)26/h3-6,10-11,16-17H,1-2,7-9H2,(H,21,23)/t10-,11-,16+,17+/m0/s1. The van der Waals surface area contributed by atoms with Crippen molar-refractivity contribution in [1.29, 1.82) is 0 Å². The van der Waals surface area contributed by atoms with Crippen molar-refractivity contribution in [2.24, 2.45) is 23.7 Å². The number of nitrogens with zero attached hydrogens (tertiary/aromatic N) is 1. The molecule has 27 heavy (non-hydrogen) atoms. The van der Waals surface area contributed by atoms with Gasteiger partial charge in [-0.05, 0) is 55.4 Å². The molecule has 2 aliphatic carbocycles. The highest BCUT2D eigenvalue weighted by Crippen LogP contribution is 2.56. The highest BCUT2D eigenvalue weighted by atomic mass is 35.5. The molecule has 1 aromatic carbocycles. The van der Waals surface area contributed by atoms with Crippen LogP contribution in [0.2, 0.25) is 5.02 Å². The number of hydrogen-bond donors (Lipinski definition) is 1. The molecule has 0 aromatic heterocycles. The fourth-order valence-electron chi connectivity index (χ4n) is 4.68. The summed E-state index contributed by atoms with van der Waals surface area (Å²) in [5.74, 6) is -1.81. The Morgan fingerprint density at radius 2 is 1.67 bits per heavy atom. The Balaban J connectivity index is 1.28. The van der Waals surface area contributed by atoms with Gasteiger partial charge < -0.3 is 10.1 Å². The van der Waals surface area contributed by atoms with Crippen molar-refractivity contribution < 1.29 is 23.9 Å². The summed E-state index contributed by atoms with van der Waals surface area (Å²) in [7, 11) is 0. The number of benzene rings is 1. The van der Waals surface area contributed by atoms with Crippen molar-refractivity contribution in [2.45, 2.75) is 19.3 Å². The molecule has 0 radical (unpaired) electrons. The van der Waals surface area contributed by atoms with Crippen molar-refractivity contribution in [3.05, 3.63) is 29.3 Å². The lowest BCUT2D eigenvalue weighted by atomic mass is 9.81. The number of likely N-dealkylation sites (tertiary alicyclic amines) is 1.